The summed E-state index contributed by atoms with van der Waals surface area (Å²) in [6, 6.07) is 2.17. The highest BCUT2D eigenvalue weighted by molar-refractivity contribution is 6.88. The lowest BCUT2D eigenvalue weighted by Gasteiger charge is -2.42. The molecule has 0 saturated carbocycles. The molecule has 0 rings (SSSR count). The maximum atomic E-state index is 7.28. The molecular formula is C35H82O4Si5. The van der Waals surface area contributed by atoms with E-state index in [0.29, 0.717) is 0 Å². The molecule has 0 fully saturated rings. The Hall–Kier alpha value is 0.924. The van der Waals surface area contributed by atoms with Gasteiger partial charge in [-0.05, 0) is 71.0 Å². The fourth-order valence-corrected chi connectivity index (χ4v) is 27.4. The Morgan fingerprint density at radius 1 is 0.364 bits per heavy atom. The van der Waals surface area contributed by atoms with Gasteiger partial charge in [0.15, 0.2) is 16.6 Å². The van der Waals surface area contributed by atoms with Crippen LogP contribution >= 0.6 is 0 Å². The van der Waals surface area contributed by atoms with Crippen LogP contribution in [0.3, 0.4) is 0 Å². The van der Waals surface area contributed by atoms with Crippen molar-refractivity contribution < 1.29 is 16.5 Å². The van der Waals surface area contributed by atoms with Crippen LogP contribution in [0.4, 0.5) is 0 Å². The SMILES string of the molecule is CCCCCCCCCCCCCCCCCC[Si](C)(O[SiH](C)O[Si](C)(C)C)O[Si](C)(CCCCCCCC)O[Si](C)(C)C. The summed E-state index contributed by atoms with van der Waals surface area (Å²) >= 11 is 0. The van der Waals surface area contributed by atoms with Gasteiger partial charge in [-0.1, -0.05) is 155 Å². The predicted molar refractivity (Wildman–Crippen MR) is 210 cm³/mol. The molecule has 0 aromatic heterocycles. The molecule has 266 valence electrons. The van der Waals surface area contributed by atoms with E-state index in [2.05, 4.69) is 72.8 Å². The van der Waals surface area contributed by atoms with Gasteiger partial charge >= 0.3 is 17.1 Å². The molecule has 0 bridgehead atoms. The molecule has 0 radical (unpaired) electrons. The summed E-state index contributed by atoms with van der Waals surface area (Å²) in [6.07, 6.45) is 30.3. The van der Waals surface area contributed by atoms with Crippen molar-refractivity contribution in [3.63, 3.8) is 0 Å². The first-order valence-electron chi connectivity index (χ1n) is 19.4. The van der Waals surface area contributed by atoms with Gasteiger partial charge in [-0.25, -0.2) is 0 Å². The molecule has 0 heterocycles. The largest absolute Gasteiger partial charge is 0.439 e. The summed E-state index contributed by atoms with van der Waals surface area (Å²) < 4.78 is 27.7. The molecule has 9 heteroatoms. The van der Waals surface area contributed by atoms with E-state index in [4.69, 9.17) is 16.5 Å². The molecule has 3 unspecified atom stereocenters. The van der Waals surface area contributed by atoms with E-state index in [1.165, 1.54) is 141 Å². The molecule has 4 nitrogen and oxygen atoms in total. The van der Waals surface area contributed by atoms with Gasteiger partial charge in [-0.2, -0.15) is 0 Å². The lowest BCUT2D eigenvalue weighted by molar-refractivity contribution is 0.297. The number of rotatable bonds is 32. The van der Waals surface area contributed by atoms with E-state index >= 15 is 0 Å². The van der Waals surface area contributed by atoms with Crippen LogP contribution in [0.5, 0.6) is 0 Å². The van der Waals surface area contributed by atoms with Crippen molar-refractivity contribution in [2.75, 3.05) is 0 Å². The topological polar surface area (TPSA) is 36.9 Å². The molecule has 0 aromatic rings. The molecule has 0 saturated heterocycles. The quantitative estimate of drug-likeness (QED) is 0.0515. The van der Waals surface area contributed by atoms with E-state index in [-0.39, 0.29) is 0 Å². The van der Waals surface area contributed by atoms with E-state index in [1.807, 2.05) is 0 Å². The first-order chi connectivity index (χ1) is 20.6. The molecule has 0 aliphatic heterocycles. The third-order valence-corrected chi connectivity index (χ3v) is 26.0. The van der Waals surface area contributed by atoms with Crippen LogP contribution in [-0.4, -0.2) is 43.0 Å². The van der Waals surface area contributed by atoms with E-state index < -0.39 is 43.0 Å². The van der Waals surface area contributed by atoms with E-state index in [0.717, 1.165) is 12.1 Å². The van der Waals surface area contributed by atoms with Gasteiger partial charge in [0.25, 0.3) is 9.28 Å². The number of hydrogen-bond donors (Lipinski definition) is 0. The minimum Gasteiger partial charge on any atom is -0.439 e. The van der Waals surface area contributed by atoms with E-state index in [9.17, 15) is 0 Å². The molecule has 0 spiro atoms. The summed E-state index contributed by atoms with van der Waals surface area (Å²) in [4.78, 5) is 0. The second-order valence-electron chi connectivity index (χ2n) is 16.1. The smallest absolute Gasteiger partial charge is 0.317 e. The van der Waals surface area contributed by atoms with Gasteiger partial charge < -0.3 is 16.5 Å². The zero-order valence-corrected chi connectivity index (χ0v) is 37.3. The maximum absolute atomic E-state index is 7.28. The zero-order chi connectivity index (χ0) is 33.4. The minimum absolute atomic E-state index is 1.08. The molecule has 0 aliphatic rings. The van der Waals surface area contributed by atoms with Gasteiger partial charge in [0.2, 0.25) is 0 Å². The molecule has 0 amide bonds. The molecule has 0 aromatic carbocycles. The first-order valence-corrected chi connectivity index (χ1v) is 33.4. The van der Waals surface area contributed by atoms with E-state index in [1.54, 1.807) is 0 Å². The van der Waals surface area contributed by atoms with Crippen molar-refractivity contribution in [2.24, 2.45) is 0 Å². The third-order valence-electron chi connectivity index (χ3n) is 8.36. The summed E-state index contributed by atoms with van der Waals surface area (Å²) in [7, 11) is -9.91. The Labute approximate surface area is 284 Å². The lowest BCUT2D eigenvalue weighted by atomic mass is 10.0. The second-order valence-corrected chi connectivity index (χ2v) is 34.7. The normalized spacial score (nSPS) is 16.2. The number of hydrogen-bond acceptors (Lipinski definition) is 4. The van der Waals surface area contributed by atoms with Crippen LogP contribution in [0.25, 0.3) is 0 Å². The predicted octanol–water partition coefficient (Wildman–Crippen LogP) is 13.3. The molecule has 0 aliphatic carbocycles. The van der Waals surface area contributed by atoms with Crippen LogP contribution in [0.1, 0.15) is 155 Å². The fraction of sp³-hybridized carbons (Fsp3) is 1.00. The molecule has 0 N–H and O–H groups in total. The standard InChI is InChI=1S/C35H82O4Si5/c1-12-14-16-18-20-21-22-23-24-25-26-27-28-29-31-32-34-43(10,37-40(3)36-41(4,5)6)39-44(11,38-42(7,8)9)35-33-30-19-17-15-13-2/h40H,12-35H2,1-11H3. The van der Waals surface area contributed by atoms with Crippen molar-refractivity contribution in [1.29, 1.82) is 0 Å². The second kappa shape index (κ2) is 25.9. The summed E-state index contributed by atoms with van der Waals surface area (Å²) in [5, 5.41) is 0. The van der Waals surface area contributed by atoms with Crippen molar-refractivity contribution in [1.82, 2.24) is 0 Å². The van der Waals surface area contributed by atoms with Crippen molar-refractivity contribution in [2.45, 2.75) is 226 Å². The highest BCUT2D eigenvalue weighted by Crippen LogP contribution is 2.31. The van der Waals surface area contributed by atoms with Gasteiger partial charge in [0, 0.05) is 0 Å². The van der Waals surface area contributed by atoms with Crippen molar-refractivity contribution in [3.8, 4) is 0 Å². The third kappa shape index (κ3) is 29.1. The molecule has 44 heavy (non-hydrogen) atoms. The highest BCUT2D eigenvalue weighted by atomic mass is 28.5. The average molecular weight is 707 g/mol. The van der Waals surface area contributed by atoms with Gasteiger partial charge in [-0.3, -0.25) is 0 Å². The minimum atomic E-state index is -2.42. The summed E-state index contributed by atoms with van der Waals surface area (Å²) in [5.74, 6) is 0. The molecular weight excluding hydrogens is 625 g/mol. The van der Waals surface area contributed by atoms with Crippen LogP contribution in [-0.2, 0) is 16.5 Å². The molecule has 3 atom stereocenters. The highest BCUT2D eigenvalue weighted by Gasteiger charge is 2.45. The van der Waals surface area contributed by atoms with Crippen LogP contribution in [0, 0.1) is 0 Å². The van der Waals surface area contributed by atoms with Crippen molar-refractivity contribution in [3.05, 3.63) is 0 Å². The summed E-state index contributed by atoms with van der Waals surface area (Å²) in [6.45, 7) is 25.3. The van der Waals surface area contributed by atoms with Crippen LogP contribution in [0.15, 0.2) is 0 Å². The summed E-state index contributed by atoms with van der Waals surface area (Å²) in [5.41, 5.74) is 0. The van der Waals surface area contributed by atoms with Crippen LogP contribution < -0.4 is 0 Å². The first kappa shape index (κ1) is 44.9. The lowest BCUT2D eigenvalue weighted by Crippen LogP contribution is -2.57. The van der Waals surface area contributed by atoms with Gasteiger partial charge in [0.05, 0.1) is 0 Å². The maximum Gasteiger partial charge on any atom is 0.317 e. The van der Waals surface area contributed by atoms with Crippen molar-refractivity contribution >= 4 is 43.0 Å². The zero-order valence-electron chi connectivity index (χ0n) is 32.2. The fourth-order valence-electron chi connectivity index (χ4n) is 6.45. The average Bonchev–Trinajstić information content (AvgIpc) is 2.88. The van der Waals surface area contributed by atoms with Gasteiger partial charge in [0.1, 0.15) is 0 Å². The Kier molecular flexibility index (Phi) is 26.4. The Balaban J connectivity index is 4.76. The monoisotopic (exact) mass is 707 g/mol. The Bertz CT molecular complexity index is 658. The van der Waals surface area contributed by atoms with Crippen LogP contribution in [0.2, 0.25) is 71.0 Å². The Morgan fingerprint density at radius 3 is 1.00 bits per heavy atom. The number of unbranched alkanes of at least 4 members (excludes halogenated alkanes) is 20. The Morgan fingerprint density at radius 2 is 0.682 bits per heavy atom. The van der Waals surface area contributed by atoms with Gasteiger partial charge in [-0.15, -0.1) is 0 Å².